The van der Waals surface area contributed by atoms with E-state index in [2.05, 4.69) is 10.3 Å². The van der Waals surface area contributed by atoms with Gasteiger partial charge in [0.15, 0.2) is 0 Å². The molecular weight excluding hydrogens is 382 g/mol. The Hall–Kier alpha value is -3.25. The van der Waals surface area contributed by atoms with E-state index in [1.807, 2.05) is 69.3 Å². The van der Waals surface area contributed by atoms with Crippen LogP contribution >= 0.6 is 11.3 Å². The summed E-state index contributed by atoms with van der Waals surface area (Å²) in [6.07, 6.45) is 1.46. The molecule has 6 heteroatoms. The van der Waals surface area contributed by atoms with Crippen molar-refractivity contribution in [3.05, 3.63) is 81.2 Å². The van der Waals surface area contributed by atoms with E-state index in [4.69, 9.17) is 0 Å². The maximum atomic E-state index is 13.2. The minimum atomic E-state index is -0.258. The topological polar surface area (TPSA) is 64.0 Å². The molecule has 0 bridgehead atoms. The van der Waals surface area contributed by atoms with Gasteiger partial charge in [-0.25, -0.2) is 4.98 Å². The molecule has 146 valence electrons. The monoisotopic (exact) mass is 403 g/mol. The molecule has 0 saturated heterocycles. The summed E-state index contributed by atoms with van der Waals surface area (Å²) < 4.78 is 1.37. The number of thiophene rings is 1. The number of fused-ring (bicyclic) bond motifs is 1. The Balaban J connectivity index is 1.71. The van der Waals surface area contributed by atoms with E-state index in [0.717, 1.165) is 32.8 Å². The summed E-state index contributed by atoms with van der Waals surface area (Å²) in [5.41, 5.74) is 4.56. The molecule has 0 fully saturated rings. The van der Waals surface area contributed by atoms with E-state index in [1.165, 1.54) is 22.2 Å². The fourth-order valence-corrected chi connectivity index (χ4v) is 4.38. The van der Waals surface area contributed by atoms with E-state index in [9.17, 15) is 9.59 Å². The number of rotatable bonds is 4. The smallest absolute Gasteiger partial charge is 0.263 e. The number of hydrogen-bond donors (Lipinski definition) is 1. The van der Waals surface area contributed by atoms with Gasteiger partial charge in [-0.05, 0) is 38.0 Å². The molecule has 1 amide bonds. The molecular formula is C23H21N3O2S. The number of benzene rings is 2. The number of carbonyl (C=O) groups is 1. The van der Waals surface area contributed by atoms with Crippen LogP contribution in [0.5, 0.6) is 0 Å². The third kappa shape index (κ3) is 3.71. The van der Waals surface area contributed by atoms with E-state index < -0.39 is 0 Å². The molecule has 2 aromatic carbocycles. The fraction of sp³-hybridized carbons (Fsp3) is 0.174. The van der Waals surface area contributed by atoms with Crippen molar-refractivity contribution in [2.75, 3.05) is 5.32 Å². The molecule has 0 radical (unpaired) electrons. The molecule has 1 N–H and O–H groups in total. The predicted octanol–water partition coefficient (Wildman–Crippen LogP) is 4.69. The lowest BCUT2D eigenvalue weighted by Gasteiger charge is -2.10. The van der Waals surface area contributed by atoms with Crippen LogP contribution in [0.15, 0.2) is 59.7 Å². The number of nitrogens with one attached hydrogen (secondary N) is 1. The van der Waals surface area contributed by atoms with Gasteiger partial charge in [0.25, 0.3) is 5.56 Å². The molecule has 4 aromatic rings. The number of amides is 1. The molecule has 0 saturated carbocycles. The van der Waals surface area contributed by atoms with Crippen LogP contribution in [0.3, 0.4) is 0 Å². The molecule has 5 nitrogen and oxygen atoms in total. The molecule has 0 spiro atoms. The Bertz CT molecular complexity index is 1270. The quantitative estimate of drug-likeness (QED) is 0.538. The number of aryl methyl sites for hydroxylation is 3. The Morgan fingerprint density at radius 3 is 2.52 bits per heavy atom. The standard InChI is InChI=1S/C23H21N3O2S/c1-14-8-10-17(11-9-14)20-16(3)29-22-21(20)23(28)26(13-24-22)12-19(27)25-18-7-5-4-6-15(18)2/h4-11,13H,12H2,1-3H3,(H,25,27). The van der Waals surface area contributed by atoms with Gasteiger partial charge < -0.3 is 5.32 Å². The number of hydrogen-bond acceptors (Lipinski definition) is 4. The zero-order valence-corrected chi connectivity index (χ0v) is 17.3. The second-order valence-corrected chi connectivity index (χ2v) is 8.32. The first-order valence-electron chi connectivity index (χ1n) is 9.35. The molecule has 0 atom stereocenters. The average Bonchev–Trinajstić information content (AvgIpc) is 3.03. The number of carbonyl (C=O) groups excluding carboxylic acids is 1. The minimum absolute atomic E-state index is 0.0850. The second-order valence-electron chi connectivity index (χ2n) is 7.12. The van der Waals surface area contributed by atoms with E-state index in [-0.39, 0.29) is 18.0 Å². The van der Waals surface area contributed by atoms with Gasteiger partial charge >= 0.3 is 0 Å². The largest absolute Gasteiger partial charge is 0.324 e. The Morgan fingerprint density at radius 2 is 1.79 bits per heavy atom. The maximum Gasteiger partial charge on any atom is 0.263 e. The van der Waals surface area contributed by atoms with Crippen molar-refractivity contribution in [1.29, 1.82) is 0 Å². The summed E-state index contributed by atoms with van der Waals surface area (Å²) >= 11 is 1.50. The second kappa shape index (κ2) is 7.64. The van der Waals surface area contributed by atoms with Crippen LogP contribution in [0, 0.1) is 20.8 Å². The van der Waals surface area contributed by atoms with E-state index >= 15 is 0 Å². The Kier molecular flexibility index (Phi) is 5.03. The van der Waals surface area contributed by atoms with Gasteiger partial charge in [-0.1, -0.05) is 48.0 Å². The molecule has 4 rings (SSSR count). The summed E-state index contributed by atoms with van der Waals surface area (Å²) in [4.78, 5) is 31.9. The zero-order valence-electron chi connectivity index (χ0n) is 16.5. The van der Waals surface area contributed by atoms with Crippen LogP contribution in [0.1, 0.15) is 16.0 Å². The Labute approximate surface area is 172 Å². The van der Waals surface area contributed by atoms with Crippen molar-refractivity contribution in [2.45, 2.75) is 27.3 Å². The molecule has 0 aliphatic carbocycles. The minimum Gasteiger partial charge on any atom is -0.324 e. The van der Waals surface area contributed by atoms with Crippen molar-refractivity contribution >= 4 is 33.1 Å². The van der Waals surface area contributed by atoms with Crippen molar-refractivity contribution in [3.8, 4) is 11.1 Å². The summed E-state index contributed by atoms with van der Waals surface area (Å²) in [5, 5.41) is 3.44. The van der Waals surface area contributed by atoms with Crippen molar-refractivity contribution in [2.24, 2.45) is 0 Å². The highest BCUT2D eigenvalue weighted by molar-refractivity contribution is 7.19. The lowest BCUT2D eigenvalue weighted by atomic mass is 10.0. The number of para-hydroxylation sites is 1. The summed E-state index contributed by atoms with van der Waals surface area (Å²) in [5.74, 6) is -0.258. The van der Waals surface area contributed by atoms with Crippen LogP contribution in [-0.4, -0.2) is 15.5 Å². The number of nitrogens with zero attached hydrogens (tertiary/aromatic N) is 2. The number of anilines is 1. The molecule has 0 unspecified atom stereocenters. The molecule has 2 aromatic heterocycles. The molecule has 0 aliphatic heterocycles. The SMILES string of the molecule is Cc1ccc(-c2c(C)sc3ncn(CC(=O)Nc4ccccc4C)c(=O)c23)cc1. The van der Waals surface area contributed by atoms with Crippen molar-refractivity contribution in [1.82, 2.24) is 9.55 Å². The van der Waals surface area contributed by atoms with Crippen LogP contribution in [0.2, 0.25) is 0 Å². The van der Waals surface area contributed by atoms with Crippen molar-refractivity contribution in [3.63, 3.8) is 0 Å². The highest BCUT2D eigenvalue weighted by Gasteiger charge is 2.18. The summed E-state index contributed by atoms with van der Waals surface area (Å²) in [6, 6.07) is 15.7. The van der Waals surface area contributed by atoms with Crippen LogP contribution in [-0.2, 0) is 11.3 Å². The highest BCUT2D eigenvalue weighted by Crippen LogP contribution is 2.35. The summed E-state index contributed by atoms with van der Waals surface area (Å²) in [6.45, 7) is 5.87. The zero-order chi connectivity index (χ0) is 20.5. The molecule has 29 heavy (non-hydrogen) atoms. The van der Waals surface area contributed by atoms with Crippen molar-refractivity contribution < 1.29 is 4.79 Å². The van der Waals surface area contributed by atoms with Gasteiger partial charge in [-0.15, -0.1) is 11.3 Å². The van der Waals surface area contributed by atoms with Crippen LogP contribution < -0.4 is 10.9 Å². The van der Waals surface area contributed by atoms with Gasteiger partial charge in [0.1, 0.15) is 11.4 Å². The highest BCUT2D eigenvalue weighted by atomic mass is 32.1. The Morgan fingerprint density at radius 1 is 1.07 bits per heavy atom. The fourth-order valence-electron chi connectivity index (χ4n) is 3.38. The van der Waals surface area contributed by atoms with E-state index in [0.29, 0.717) is 10.2 Å². The third-order valence-corrected chi connectivity index (χ3v) is 5.94. The first-order valence-corrected chi connectivity index (χ1v) is 10.2. The van der Waals surface area contributed by atoms with E-state index in [1.54, 1.807) is 0 Å². The summed E-state index contributed by atoms with van der Waals surface area (Å²) in [7, 11) is 0. The van der Waals surface area contributed by atoms with Crippen LogP contribution in [0.4, 0.5) is 5.69 Å². The first kappa shape index (κ1) is 19.1. The normalized spacial score (nSPS) is 11.0. The number of aromatic nitrogens is 2. The van der Waals surface area contributed by atoms with Gasteiger partial charge in [0.05, 0.1) is 11.7 Å². The first-order chi connectivity index (χ1) is 13.9. The predicted molar refractivity (Wildman–Crippen MR) is 119 cm³/mol. The van der Waals surface area contributed by atoms with Gasteiger partial charge in [-0.2, -0.15) is 0 Å². The van der Waals surface area contributed by atoms with Crippen LogP contribution in [0.25, 0.3) is 21.3 Å². The average molecular weight is 404 g/mol. The van der Waals surface area contributed by atoms with Gasteiger partial charge in [0, 0.05) is 16.1 Å². The molecule has 0 aliphatic rings. The van der Waals surface area contributed by atoms with Gasteiger partial charge in [-0.3, -0.25) is 14.2 Å². The third-order valence-electron chi connectivity index (χ3n) is 4.93. The molecule has 2 heterocycles. The lowest BCUT2D eigenvalue weighted by Crippen LogP contribution is -2.28. The van der Waals surface area contributed by atoms with Gasteiger partial charge in [0.2, 0.25) is 5.91 Å². The lowest BCUT2D eigenvalue weighted by molar-refractivity contribution is -0.116. The maximum absolute atomic E-state index is 13.2.